The lowest BCUT2D eigenvalue weighted by Gasteiger charge is -2.26. The zero-order valence-corrected chi connectivity index (χ0v) is 19.7. The van der Waals surface area contributed by atoms with Crippen LogP contribution in [0.15, 0.2) is 103 Å². The predicted molar refractivity (Wildman–Crippen MR) is 142 cm³/mol. The lowest BCUT2D eigenvalue weighted by molar-refractivity contribution is -0.131. The van der Waals surface area contributed by atoms with Gasteiger partial charge < -0.3 is 10.0 Å². The second kappa shape index (κ2) is 9.88. The summed E-state index contributed by atoms with van der Waals surface area (Å²) in [6, 6.07) is 28.9. The Hall–Kier alpha value is -4.71. The van der Waals surface area contributed by atoms with E-state index in [0.29, 0.717) is 17.8 Å². The van der Waals surface area contributed by atoms with Crippen LogP contribution in [0.3, 0.4) is 0 Å². The van der Waals surface area contributed by atoms with Crippen molar-refractivity contribution in [3.8, 4) is 11.1 Å². The number of hydrogen-bond acceptors (Lipinski definition) is 3. The summed E-state index contributed by atoms with van der Waals surface area (Å²) in [4.78, 5) is 13.0. The minimum Gasteiger partial charge on any atom is -0.478 e. The fourth-order valence-corrected chi connectivity index (χ4v) is 4.28. The SMILES string of the molecule is Cn1ncc2cc(-c3ccc(CN(c4ccccc4)c4cc(F)cc(/C=C/C(=O)O)c4)cc3)ccc21. The molecule has 0 fully saturated rings. The molecule has 5 nitrogen and oxygen atoms in total. The van der Waals surface area contributed by atoms with Crippen LogP contribution < -0.4 is 4.90 Å². The molecule has 0 unspecified atom stereocenters. The Bertz CT molecular complexity index is 1560. The van der Waals surface area contributed by atoms with Crippen LogP contribution in [0.5, 0.6) is 0 Å². The molecule has 0 aliphatic rings. The predicted octanol–water partition coefficient (Wildman–Crippen LogP) is 6.82. The third kappa shape index (κ3) is 5.03. The summed E-state index contributed by atoms with van der Waals surface area (Å²) in [5.74, 6) is -1.51. The maximum absolute atomic E-state index is 14.5. The van der Waals surface area contributed by atoms with Gasteiger partial charge in [-0.3, -0.25) is 4.68 Å². The number of aliphatic carboxylic acids is 1. The van der Waals surface area contributed by atoms with Gasteiger partial charge in [-0.05, 0) is 70.8 Å². The Kier molecular flexibility index (Phi) is 6.33. The number of carboxylic acids is 1. The van der Waals surface area contributed by atoms with E-state index in [1.54, 1.807) is 6.07 Å². The molecule has 36 heavy (non-hydrogen) atoms. The number of fused-ring (bicyclic) bond motifs is 1. The smallest absolute Gasteiger partial charge is 0.328 e. The van der Waals surface area contributed by atoms with Crippen molar-refractivity contribution < 1.29 is 14.3 Å². The summed E-state index contributed by atoms with van der Waals surface area (Å²) in [5.41, 5.74) is 6.37. The molecule has 1 aromatic heterocycles. The Labute approximate surface area is 208 Å². The van der Waals surface area contributed by atoms with Gasteiger partial charge >= 0.3 is 5.97 Å². The normalized spacial score (nSPS) is 11.3. The molecule has 0 saturated carbocycles. The first-order chi connectivity index (χ1) is 17.5. The molecule has 1 heterocycles. The zero-order valence-electron chi connectivity index (χ0n) is 19.7. The Morgan fingerprint density at radius 3 is 2.44 bits per heavy atom. The highest BCUT2D eigenvalue weighted by atomic mass is 19.1. The van der Waals surface area contributed by atoms with E-state index in [-0.39, 0.29) is 0 Å². The Balaban J connectivity index is 1.46. The van der Waals surface area contributed by atoms with Crippen molar-refractivity contribution in [2.45, 2.75) is 6.54 Å². The summed E-state index contributed by atoms with van der Waals surface area (Å²) < 4.78 is 16.4. The van der Waals surface area contributed by atoms with Gasteiger partial charge in [-0.15, -0.1) is 0 Å². The van der Waals surface area contributed by atoms with E-state index in [0.717, 1.165) is 39.4 Å². The van der Waals surface area contributed by atoms with E-state index in [1.165, 1.54) is 18.2 Å². The van der Waals surface area contributed by atoms with Crippen LogP contribution in [0.25, 0.3) is 28.1 Å². The van der Waals surface area contributed by atoms with Gasteiger partial charge in [-0.1, -0.05) is 48.5 Å². The van der Waals surface area contributed by atoms with Crippen LogP contribution in [0.4, 0.5) is 15.8 Å². The first-order valence-corrected chi connectivity index (χ1v) is 11.5. The fraction of sp³-hybridized carbons (Fsp3) is 0.0667. The summed E-state index contributed by atoms with van der Waals surface area (Å²) in [7, 11) is 1.93. The molecule has 0 bridgehead atoms. The lowest BCUT2D eigenvalue weighted by Crippen LogP contribution is -2.16. The second-order valence-electron chi connectivity index (χ2n) is 8.57. The van der Waals surface area contributed by atoms with Gasteiger partial charge in [0.15, 0.2) is 0 Å². The van der Waals surface area contributed by atoms with Crippen LogP contribution in [-0.2, 0) is 18.4 Å². The average molecular weight is 478 g/mol. The summed E-state index contributed by atoms with van der Waals surface area (Å²) in [6.45, 7) is 0.511. The van der Waals surface area contributed by atoms with Crippen LogP contribution in [0.1, 0.15) is 11.1 Å². The van der Waals surface area contributed by atoms with Gasteiger partial charge in [0.05, 0.1) is 11.7 Å². The minimum absolute atomic E-state index is 0.431. The van der Waals surface area contributed by atoms with Crippen LogP contribution in [0.2, 0.25) is 0 Å². The minimum atomic E-state index is -1.08. The van der Waals surface area contributed by atoms with Crippen molar-refractivity contribution >= 4 is 34.3 Å². The monoisotopic (exact) mass is 477 g/mol. The number of nitrogens with zero attached hydrogens (tertiary/aromatic N) is 3. The number of carboxylic acid groups (broad SMARTS) is 1. The standard InChI is InChI=1S/C30H24FN3O2/c1-33-29-13-12-24(17-25(29)19-32-33)23-10-7-21(8-11-23)20-34(27-5-3-2-4-6-27)28-16-22(9-14-30(35)36)15-26(31)18-28/h2-19H,20H2,1H3,(H,35,36)/b14-9+. The summed E-state index contributed by atoms with van der Waals surface area (Å²) in [5, 5.41) is 14.4. The molecule has 0 saturated heterocycles. The van der Waals surface area contributed by atoms with Gasteiger partial charge in [0.1, 0.15) is 5.82 Å². The summed E-state index contributed by atoms with van der Waals surface area (Å²) in [6.07, 6.45) is 4.27. The summed E-state index contributed by atoms with van der Waals surface area (Å²) >= 11 is 0. The molecule has 1 N–H and O–H groups in total. The van der Waals surface area contributed by atoms with Gasteiger partial charge in [0, 0.05) is 36.4 Å². The van der Waals surface area contributed by atoms with Crippen molar-refractivity contribution in [2.24, 2.45) is 7.05 Å². The maximum atomic E-state index is 14.5. The number of anilines is 2. The molecule has 0 radical (unpaired) electrons. The van der Waals surface area contributed by atoms with E-state index in [4.69, 9.17) is 5.11 Å². The third-order valence-electron chi connectivity index (χ3n) is 6.08. The molecular weight excluding hydrogens is 453 g/mol. The quantitative estimate of drug-likeness (QED) is 0.262. The third-order valence-corrected chi connectivity index (χ3v) is 6.08. The van der Waals surface area contributed by atoms with E-state index in [2.05, 4.69) is 47.6 Å². The van der Waals surface area contributed by atoms with Crippen LogP contribution in [-0.4, -0.2) is 20.9 Å². The lowest BCUT2D eigenvalue weighted by atomic mass is 10.0. The van der Waals surface area contributed by atoms with Crippen molar-refractivity contribution in [1.82, 2.24) is 9.78 Å². The molecule has 5 aromatic rings. The van der Waals surface area contributed by atoms with Crippen molar-refractivity contribution in [1.29, 1.82) is 0 Å². The van der Waals surface area contributed by atoms with E-state index in [1.807, 2.05) is 53.2 Å². The molecule has 5 rings (SSSR count). The number of aromatic nitrogens is 2. The number of rotatable bonds is 7. The van der Waals surface area contributed by atoms with E-state index < -0.39 is 11.8 Å². The Morgan fingerprint density at radius 2 is 1.69 bits per heavy atom. The molecule has 0 aliphatic heterocycles. The fourth-order valence-electron chi connectivity index (χ4n) is 4.28. The first kappa shape index (κ1) is 23.1. The van der Waals surface area contributed by atoms with Gasteiger partial charge in [-0.2, -0.15) is 5.10 Å². The van der Waals surface area contributed by atoms with Crippen molar-refractivity contribution in [2.75, 3.05) is 4.90 Å². The largest absolute Gasteiger partial charge is 0.478 e. The number of aryl methyl sites for hydroxylation is 1. The first-order valence-electron chi connectivity index (χ1n) is 11.5. The highest BCUT2D eigenvalue weighted by molar-refractivity contribution is 5.86. The van der Waals surface area contributed by atoms with Gasteiger partial charge in [0.25, 0.3) is 0 Å². The van der Waals surface area contributed by atoms with E-state index >= 15 is 0 Å². The number of hydrogen-bond donors (Lipinski definition) is 1. The number of halogens is 1. The second-order valence-corrected chi connectivity index (χ2v) is 8.57. The van der Waals surface area contributed by atoms with Crippen molar-refractivity contribution in [3.63, 3.8) is 0 Å². The highest BCUT2D eigenvalue weighted by Gasteiger charge is 2.13. The van der Waals surface area contributed by atoms with E-state index in [9.17, 15) is 9.18 Å². The number of benzene rings is 4. The van der Waals surface area contributed by atoms with Crippen molar-refractivity contribution in [3.05, 3.63) is 120 Å². The molecule has 0 aliphatic carbocycles. The number of carbonyl (C=O) groups is 1. The Morgan fingerprint density at radius 1 is 0.944 bits per heavy atom. The van der Waals surface area contributed by atoms with Gasteiger partial charge in [-0.25, -0.2) is 9.18 Å². The van der Waals surface area contributed by atoms with Crippen LogP contribution in [0, 0.1) is 5.82 Å². The topological polar surface area (TPSA) is 58.4 Å². The van der Waals surface area contributed by atoms with Crippen LogP contribution >= 0.6 is 0 Å². The molecule has 4 aromatic carbocycles. The molecule has 178 valence electrons. The highest BCUT2D eigenvalue weighted by Crippen LogP contribution is 2.31. The molecule has 0 atom stereocenters. The maximum Gasteiger partial charge on any atom is 0.328 e. The molecule has 0 amide bonds. The molecule has 0 spiro atoms. The molecular formula is C30H24FN3O2. The average Bonchev–Trinajstić information content (AvgIpc) is 3.26. The number of para-hydroxylation sites is 1. The van der Waals surface area contributed by atoms with Gasteiger partial charge in [0.2, 0.25) is 0 Å². The molecule has 6 heteroatoms. The zero-order chi connectivity index (χ0) is 25.1.